The van der Waals surface area contributed by atoms with Crippen molar-refractivity contribution in [2.75, 3.05) is 0 Å². The summed E-state index contributed by atoms with van der Waals surface area (Å²) in [7, 11) is 0. The van der Waals surface area contributed by atoms with Crippen molar-refractivity contribution in [1.29, 1.82) is 0 Å². The predicted octanol–water partition coefficient (Wildman–Crippen LogP) is 3.10. The number of hydrogen-bond acceptors (Lipinski definition) is 3. The molecule has 0 bridgehead atoms. The van der Waals surface area contributed by atoms with E-state index in [1.165, 1.54) is 0 Å². The number of thioether (sulfide) groups is 1. The number of carbonyl (C=O) groups is 1. The summed E-state index contributed by atoms with van der Waals surface area (Å²) in [5, 5.41) is 2.90. The summed E-state index contributed by atoms with van der Waals surface area (Å²) in [6.07, 6.45) is 0.948. The van der Waals surface area contributed by atoms with E-state index in [-0.39, 0.29) is 23.2 Å². The average molecular weight is 280 g/mol. The van der Waals surface area contributed by atoms with Gasteiger partial charge in [0.05, 0.1) is 5.25 Å². The largest absolute Gasteiger partial charge is 0.353 e. The maximum atomic E-state index is 12.0. The average Bonchev–Trinajstić information content (AvgIpc) is 2.38. The van der Waals surface area contributed by atoms with Crippen molar-refractivity contribution in [2.45, 2.75) is 56.3 Å². The highest BCUT2D eigenvalue weighted by Gasteiger charge is 2.16. The minimum absolute atomic E-state index is 0.0183. The zero-order valence-corrected chi connectivity index (χ0v) is 13.0. The van der Waals surface area contributed by atoms with Crippen LogP contribution in [-0.2, 0) is 4.79 Å². The highest BCUT2D eigenvalue weighted by Crippen LogP contribution is 2.25. The summed E-state index contributed by atoms with van der Waals surface area (Å²) in [5.41, 5.74) is 6.97. The van der Waals surface area contributed by atoms with Crippen LogP contribution in [0.3, 0.4) is 0 Å². The Kier molecular flexibility index (Phi) is 6.38. The Morgan fingerprint density at radius 1 is 1.37 bits per heavy atom. The van der Waals surface area contributed by atoms with Crippen LogP contribution >= 0.6 is 11.8 Å². The van der Waals surface area contributed by atoms with Crippen LogP contribution in [0, 0.1) is 0 Å². The predicted molar refractivity (Wildman–Crippen MR) is 82.3 cm³/mol. The maximum Gasteiger partial charge on any atom is 0.233 e. The molecule has 3 unspecified atom stereocenters. The monoisotopic (exact) mass is 280 g/mol. The Labute approximate surface area is 120 Å². The van der Waals surface area contributed by atoms with Gasteiger partial charge in [0.2, 0.25) is 5.91 Å². The van der Waals surface area contributed by atoms with Crippen molar-refractivity contribution in [3.63, 3.8) is 0 Å². The van der Waals surface area contributed by atoms with Gasteiger partial charge in [-0.1, -0.05) is 19.1 Å². The van der Waals surface area contributed by atoms with E-state index in [2.05, 4.69) is 18.3 Å². The summed E-state index contributed by atoms with van der Waals surface area (Å²) in [6.45, 7) is 7.98. The summed E-state index contributed by atoms with van der Waals surface area (Å²) in [4.78, 5) is 13.1. The van der Waals surface area contributed by atoms with Crippen molar-refractivity contribution >= 4 is 17.7 Å². The van der Waals surface area contributed by atoms with Gasteiger partial charge in [0.25, 0.3) is 0 Å². The van der Waals surface area contributed by atoms with Crippen molar-refractivity contribution in [2.24, 2.45) is 5.73 Å². The van der Waals surface area contributed by atoms with Crippen LogP contribution in [-0.4, -0.2) is 17.2 Å². The molecule has 3 nitrogen and oxygen atoms in total. The molecule has 0 aliphatic rings. The standard InChI is InChI=1S/C15H24N2OS/c1-5-10(2)17-15(18)12(4)19-14-8-6-7-13(9-14)11(3)16/h6-12H,5,16H2,1-4H3,(H,17,18). The quantitative estimate of drug-likeness (QED) is 0.787. The van der Waals surface area contributed by atoms with Crippen molar-refractivity contribution in [1.82, 2.24) is 5.32 Å². The fourth-order valence-corrected chi connectivity index (χ4v) is 2.54. The highest BCUT2D eigenvalue weighted by molar-refractivity contribution is 8.00. The Morgan fingerprint density at radius 3 is 2.63 bits per heavy atom. The van der Waals surface area contributed by atoms with Gasteiger partial charge in [-0.05, 0) is 44.9 Å². The molecule has 0 saturated carbocycles. The van der Waals surface area contributed by atoms with Crippen molar-refractivity contribution in [3.05, 3.63) is 29.8 Å². The van der Waals surface area contributed by atoms with Crippen LogP contribution in [0.5, 0.6) is 0 Å². The lowest BCUT2D eigenvalue weighted by Gasteiger charge is -2.16. The molecule has 1 amide bonds. The highest BCUT2D eigenvalue weighted by atomic mass is 32.2. The lowest BCUT2D eigenvalue weighted by Crippen LogP contribution is -2.37. The van der Waals surface area contributed by atoms with Crippen LogP contribution in [0.1, 0.15) is 45.7 Å². The lowest BCUT2D eigenvalue weighted by atomic mass is 10.1. The Morgan fingerprint density at radius 2 is 2.05 bits per heavy atom. The topological polar surface area (TPSA) is 55.1 Å². The van der Waals surface area contributed by atoms with Gasteiger partial charge < -0.3 is 11.1 Å². The van der Waals surface area contributed by atoms with Crippen LogP contribution < -0.4 is 11.1 Å². The van der Waals surface area contributed by atoms with Crippen LogP contribution in [0.15, 0.2) is 29.2 Å². The van der Waals surface area contributed by atoms with E-state index in [0.29, 0.717) is 0 Å². The first-order chi connectivity index (χ1) is 8.93. The summed E-state index contributed by atoms with van der Waals surface area (Å²) < 4.78 is 0. The molecule has 0 aliphatic carbocycles. The van der Waals surface area contributed by atoms with E-state index in [9.17, 15) is 4.79 Å². The SMILES string of the molecule is CCC(C)NC(=O)C(C)Sc1cccc(C(C)N)c1. The van der Waals surface area contributed by atoms with Crippen molar-refractivity contribution < 1.29 is 4.79 Å². The van der Waals surface area contributed by atoms with E-state index in [0.717, 1.165) is 16.9 Å². The Hall–Kier alpha value is -1.00. The third kappa shape index (κ3) is 5.25. The van der Waals surface area contributed by atoms with E-state index < -0.39 is 0 Å². The summed E-state index contributed by atoms with van der Waals surface area (Å²) >= 11 is 1.57. The third-order valence-electron chi connectivity index (χ3n) is 3.07. The van der Waals surface area contributed by atoms with Gasteiger partial charge in [-0.3, -0.25) is 4.79 Å². The van der Waals surface area contributed by atoms with Gasteiger partial charge in [-0.2, -0.15) is 0 Å². The Bertz CT molecular complexity index is 420. The zero-order chi connectivity index (χ0) is 14.4. The molecule has 0 fully saturated rings. The fraction of sp³-hybridized carbons (Fsp3) is 0.533. The molecule has 0 saturated heterocycles. The number of benzene rings is 1. The molecule has 0 heterocycles. The molecule has 1 aromatic carbocycles. The first-order valence-electron chi connectivity index (χ1n) is 6.76. The molecule has 4 heteroatoms. The van der Waals surface area contributed by atoms with E-state index in [4.69, 9.17) is 5.73 Å². The zero-order valence-electron chi connectivity index (χ0n) is 12.1. The van der Waals surface area contributed by atoms with Crippen molar-refractivity contribution in [3.8, 4) is 0 Å². The molecule has 0 aromatic heterocycles. The van der Waals surface area contributed by atoms with Crippen LogP contribution in [0.4, 0.5) is 0 Å². The van der Waals surface area contributed by atoms with E-state index >= 15 is 0 Å². The molecule has 3 atom stereocenters. The summed E-state index contributed by atoms with van der Waals surface area (Å²) in [6, 6.07) is 8.32. The molecule has 106 valence electrons. The van der Waals surface area contributed by atoms with Crippen LogP contribution in [0.25, 0.3) is 0 Å². The molecule has 0 spiro atoms. The lowest BCUT2D eigenvalue weighted by molar-refractivity contribution is -0.120. The second kappa shape index (κ2) is 7.56. The van der Waals surface area contributed by atoms with Gasteiger partial charge in [-0.25, -0.2) is 0 Å². The molecular formula is C15H24N2OS. The van der Waals surface area contributed by atoms with Gasteiger partial charge in [0.15, 0.2) is 0 Å². The Balaban J connectivity index is 2.63. The number of amides is 1. The molecule has 19 heavy (non-hydrogen) atoms. The molecular weight excluding hydrogens is 256 g/mol. The van der Waals surface area contributed by atoms with Gasteiger partial charge in [0, 0.05) is 17.0 Å². The number of carbonyl (C=O) groups excluding carboxylic acids is 1. The van der Waals surface area contributed by atoms with E-state index in [1.807, 2.05) is 39.0 Å². The molecule has 0 aliphatic heterocycles. The second-order valence-electron chi connectivity index (χ2n) is 4.94. The smallest absolute Gasteiger partial charge is 0.233 e. The minimum Gasteiger partial charge on any atom is -0.353 e. The second-order valence-corrected chi connectivity index (χ2v) is 6.35. The van der Waals surface area contributed by atoms with Gasteiger partial charge in [-0.15, -0.1) is 11.8 Å². The number of rotatable bonds is 6. The molecule has 0 radical (unpaired) electrons. The first kappa shape index (κ1) is 16.1. The molecule has 1 aromatic rings. The summed E-state index contributed by atoms with van der Waals surface area (Å²) in [5.74, 6) is 0.0885. The minimum atomic E-state index is -0.0997. The number of hydrogen-bond donors (Lipinski definition) is 2. The third-order valence-corrected chi connectivity index (χ3v) is 4.16. The van der Waals surface area contributed by atoms with E-state index in [1.54, 1.807) is 11.8 Å². The van der Waals surface area contributed by atoms with Crippen LogP contribution in [0.2, 0.25) is 0 Å². The maximum absolute atomic E-state index is 12.0. The number of nitrogens with one attached hydrogen (secondary N) is 1. The molecule has 1 rings (SSSR count). The first-order valence-corrected chi connectivity index (χ1v) is 7.64. The normalized spacial score (nSPS) is 15.6. The number of nitrogens with two attached hydrogens (primary N) is 1. The molecule has 3 N–H and O–H groups in total. The van der Waals surface area contributed by atoms with Gasteiger partial charge >= 0.3 is 0 Å². The fourth-order valence-electron chi connectivity index (χ4n) is 1.59. The van der Waals surface area contributed by atoms with Gasteiger partial charge in [0.1, 0.15) is 0 Å².